The Hall–Kier alpha value is -1.30. The molecule has 2 unspecified atom stereocenters. The molecule has 0 aliphatic heterocycles. The van der Waals surface area contributed by atoms with E-state index in [9.17, 15) is 0 Å². The third kappa shape index (κ3) is 17.3. The topological polar surface area (TPSA) is 0 Å². The predicted octanol–water partition coefficient (Wildman–Crippen LogP) is 9.94. The van der Waals surface area contributed by atoms with Crippen molar-refractivity contribution < 1.29 is 0 Å². The predicted molar refractivity (Wildman–Crippen MR) is 127 cm³/mol. The quantitative estimate of drug-likeness (QED) is 0.388. The van der Waals surface area contributed by atoms with Crippen molar-refractivity contribution in [2.24, 2.45) is 5.92 Å². The second-order valence-electron chi connectivity index (χ2n) is 5.37. The first-order valence-electron chi connectivity index (χ1n) is 7.60. The summed E-state index contributed by atoms with van der Waals surface area (Å²) in [5.41, 5.74) is 1.48. The summed E-state index contributed by atoms with van der Waals surface area (Å²) in [4.78, 5) is 0. The molecule has 0 N–H and O–H groups in total. The molecule has 0 radical (unpaired) electrons. The maximum Gasteiger partial charge on any atom is -0.0127 e. The second kappa shape index (κ2) is 24.9. The van der Waals surface area contributed by atoms with Crippen LogP contribution in [0.5, 0.6) is 0 Å². The summed E-state index contributed by atoms with van der Waals surface area (Å²) in [5.74, 6) is 1.31. The van der Waals surface area contributed by atoms with Crippen molar-refractivity contribution in [3.8, 4) is 0 Å². The Morgan fingerprint density at radius 3 is 1.92 bits per heavy atom. The van der Waals surface area contributed by atoms with E-state index in [-0.39, 0.29) is 44.6 Å². The van der Waals surface area contributed by atoms with E-state index in [1.54, 1.807) is 0 Å². The lowest BCUT2D eigenvalue weighted by molar-refractivity contribution is 0.528. The third-order valence-electron chi connectivity index (χ3n) is 3.71. The number of benzene rings is 1. The van der Waals surface area contributed by atoms with Crippen molar-refractivity contribution in [3.05, 3.63) is 60.7 Å². The van der Waals surface area contributed by atoms with Crippen LogP contribution in [0.4, 0.5) is 0 Å². The normalized spacial score (nSPS) is 11.0. The van der Waals surface area contributed by atoms with E-state index in [1.165, 1.54) is 31.2 Å². The van der Waals surface area contributed by atoms with E-state index in [4.69, 9.17) is 0 Å². The maximum atomic E-state index is 3.87. The van der Waals surface area contributed by atoms with Gasteiger partial charge < -0.3 is 0 Å². The molecule has 2 atom stereocenters. The SMILES string of the molecule is C.C.C.C.C.C.C=CC(C)CCCC(CC=CCC)c1ccccc1. The van der Waals surface area contributed by atoms with Gasteiger partial charge in [-0.15, -0.1) is 6.58 Å². The molecule has 0 bridgehead atoms. The molecule has 152 valence electrons. The molecule has 1 rings (SSSR count). The van der Waals surface area contributed by atoms with Gasteiger partial charge in [-0.25, -0.2) is 0 Å². The van der Waals surface area contributed by atoms with E-state index < -0.39 is 0 Å². The van der Waals surface area contributed by atoms with Gasteiger partial charge in [0.2, 0.25) is 0 Å². The average molecular weight is 353 g/mol. The van der Waals surface area contributed by atoms with Crippen LogP contribution in [0.15, 0.2) is 55.1 Å². The summed E-state index contributed by atoms with van der Waals surface area (Å²) in [7, 11) is 0. The molecule has 0 spiro atoms. The Kier molecular flexibility index (Phi) is 38.9. The van der Waals surface area contributed by atoms with Crippen LogP contribution in [-0.2, 0) is 0 Å². The fourth-order valence-corrected chi connectivity index (χ4v) is 2.38. The van der Waals surface area contributed by atoms with Crippen molar-refractivity contribution >= 4 is 0 Å². The summed E-state index contributed by atoms with van der Waals surface area (Å²) in [6.45, 7) is 8.31. The molecular formula is C25H52. The molecule has 1 aromatic carbocycles. The van der Waals surface area contributed by atoms with Gasteiger partial charge in [0.25, 0.3) is 0 Å². The zero-order valence-corrected chi connectivity index (χ0v) is 12.5. The van der Waals surface area contributed by atoms with Crippen molar-refractivity contribution in [1.82, 2.24) is 0 Å². The molecular weight excluding hydrogens is 300 g/mol. The number of hydrogen-bond donors (Lipinski definition) is 0. The van der Waals surface area contributed by atoms with Crippen LogP contribution in [0.3, 0.4) is 0 Å². The van der Waals surface area contributed by atoms with Crippen LogP contribution in [0.2, 0.25) is 0 Å². The minimum atomic E-state index is 0. The molecule has 0 nitrogen and oxygen atoms in total. The third-order valence-corrected chi connectivity index (χ3v) is 3.71. The van der Waals surface area contributed by atoms with Crippen LogP contribution in [0, 0.1) is 5.92 Å². The van der Waals surface area contributed by atoms with Crippen LogP contribution in [0.1, 0.15) is 102 Å². The van der Waals surface area contributed by atoms with Gasteiger partial charge in [0, 0.05) is 0 Å². The lowest BCUT2D eigenvalue weighted by Crippen LogP contribution is -1.99. The minimum Gasteiger partial charge on any atom is -0.103 e. The average Bonchev–Trinajstić information content (AvgIpc) is 2.46. The van der Waals surface area contributed by atoms with Crippen molar-refractivity contribution in [2.75, 3.05) is 0 Å². The molecule has 0 aliphatic carbocycles. The first-order chi connectivity index (χ1) is 9.27. The van der Waals surface area contributed by atoms with Gasteiger partial charge in [0.1, 0.15) is 0 Å². The van der Waals surface area contributed by atoms with Crippen molar-refractivity contribution in [3.63, 3.8) is 0 Å². The van der Waals surface area contributed by atoms with Crippen molar-refractivity contribution in [2.45, 2.75) is 96.4 Å². The highest BCUT2D eigenvalue weighted by molar-refractivity contribution is 5.20. The van der Waals surface area contributed by atoms with E-state index in [2.05, 4.69) is 69.0 Å². The molecule has 0 fully saturated rings. The second-order valence-corrected chi connectivity index (χ2v) is 5.37. The summed E-state index contributed by atoms with van der Waals surface area (Å²) in [6.07, 6.45) is 12.8. The lowest BCUT2D eigenvalue weighted by atomic mass is 9.89. The van der Waals surface area contributed by atoms with Crippen LogP contribution in [-0.4, -0.2) is 0 Å². The highest BCUT2D eigenvalue weighted by Gasteiger charge is 2.10. The summed E-state index contributed by atoms with van der Waals surface area (Å²) in [5, 5.41) is 0. The van der Waals surface area contributed by atoms with Gasteiger partial charge in [-0.05, 0) is 43.1 Å². The zero-order chi connectivity index (χ0) is 13.9. The lowest BCUT2D eigenvalue weighted by Gasteiger charge is -2.16. The summed E-state index contributed by atoms with van der Waals surface area (Å²) < 4.78 is 0. The number of hydrogen-bond acceptors (Lipinski definition) is 0. The fraction of sp³-hybridized carbons (Fsp3) is 0.600. The monoisotopic (exact) mass is 352 g/mol. The molecule has 0 amide bonds. The highest BCUT2D eigenvalue weighted by Crippen LogP contribution is 2.27. The van der Waals surface area contributed by atoms with Gasteiger partial charge in [-0.1, -0.05) is 113 Å². The van der Waals surface area contributed by atoms with Gasteiger partial charge in [0.05, 0.1) is 0 Å². The Morgan fingerprint density at radius 1 is 0.880 bits per heavy atom. The smallest absolute Gasteiger partial charge is 0.0127 e. The minimum absolute atomic E-state index is 0. The molecule has 0 aromatic heterocycles. The molecule has 25 heavy (non-hydrogen) atoms. The van der Waals surface area contributed by atoms with Crippen LogP contribution >= 0.6 is 0 Å². The van der Waals surface area contributed by atoms with E-state index in [0.29, 0.717) is 11.8 Å². The van der Waals surface area contributed by atoms with Crippen LogP contribution in [0.25, 0.3) is 0 Å². The maximum absolute atomic E-state index is 3.87. The molecule has 1 aromatic rings. The standard InChI is InChI=1S/C19H28.6CH4/c1-4-6-8-13-19(16-11-12-17(3)5-2)18-14-9-7-10-15-18;;;;;;/h5-10,14-15,17,19H,2,4,11-13,16H2,1,3H3;6*1H4. The number of rotatable bonds is 9. The van der Waals surface area contributed by atoms with Gasteiger partial charge >= 0.3 is 0 Å². The van der Waals surface area contributed by atoms with Gasteiger partial charge in [-0.2, -0.15) is 0 Å². The molecule has 0 aliphatic rings. The van der Waals surface area contributed by atoms with Gasteiger partial charge in [-0.3, -0.25) is 0 Å². The van der Waals surface area contributed by atoms with Crippen molar-refractivity contribution in [1.29, 1.82) is 0 Å². The van der Waals surface area contributed by atoms with E-state index in [0.717, 1.165) is 6.42 Å². The zero-order valence-electron chi connectivity index (χ0n) is 12.5. The highest BCUT2D eigenvalue weighted by atomic mass is 14.1. The first-order valence-corrected chi connectivity index (χ1v) is 7.60. The molecule has 0 heterocycles. The summed E-state index contributed by atoms with van der Waals surface area (Å²) in [6, 6.07) is 10.9. The largest absolute Gasteiger partial charge is 0.103 e. The molecule has 0 saturated carbocycles. The van der Waals surface area contributed by atoms with Gasteiger partial charge in [0.15, 0.2) is 0 Å². The fourth-order valence-electron chi connectivity index (χ4n) is 2.38. The first kappa shape index (κ1) is 39.0. The Labute approximate surface area is 163 Å². The van der Waals surface area contributed by atoms with E-state index in [1.807, 2.05) is 0 Å². The Bertz CT molecular complexity index is 361. The Morgan fingerprint density at radius 2 is 1.44 bits per heavy atom. The molecule has 0 saturated heterocycles. The number of allylic oxidation sites excluding steroid dienone is 3. The Balaban J connectivity index is -0.000000150. The van der Waals surface area contributed by atoms with E-state index >= 15 is 0 Å². The van der Waals surface area contributed by atoms with Crippen LogP contribution < -0.4 is 0 Å². The summed E-state index contributed by atoms with van der Waals surface area (Å²) >= 11 is 0. The molecule has 0 heteroatoms.